The summed E-state index contributed by atoms with van der Waals surface area (Å²) in [6, 6.07) is 0. The molecule has 19 heavy (non-hydrogen) atoms. The molecule has 102 valence electrons. The largest absolute Gasteiger partial charge is 0.295 e. The normalized spacial score (nSPS) is 48.3. The lowest BCUT2D eigenvalue weighted by atomic mass is 9.52. The fraction of sp³-hybridized carbons (Fsp3) is 0.722. The highest BCUT2D eigenvalue weighted by molar-refractivity contribution is 5.92. The minimum absolute atomic E-state index is 0.293. The summed E-state index contributed by atoms with van der Waals surface area (Å²) in [5.41, 5.74) is 1.63. The van der Waals surface area contributed by atoms with E-state index in [0.717, 1.165) is 36.5 Å². The SMILES string of the molecule is C[C@]12CCC(=O)C=C1C=C[C@H]1[C@@H]3CCC[C@H]3CC[C@@H]12. The first-order valence-corrected chi connectivity index (χ1v) is 8.12. The lowest BCUT2D eigenvalue weighted by molar-refractivity contribution is -0.116. The van der Waals surface area contributed by atoms with E-state index < -0.39 is 0 Å². The van der Waals surface area contributed by atoms with Gasteiger partial charge < -0.3 is 0 Å². The van der Waals surface area contributed by atoms with Crippen LogP contribution in [0.5, 0.6) is 0 Å². The maximum Gasteiger partial charge on any atom is 0.156 e. The van der Waals surface area contributed by atoms with E-state index in [1.165, 1.54) is 37.7 Å². The summed E-state index contributed by atoms with van der Waals surface area (Å²) >= 11 is 0. The number of carbonyl (C=O) groups is 1. The van der Waals surface area contributed by atoms with Crippen molar-refractivity contribution in [2.75, 3.05) is 0 Å². The highest BCUT2D eigenvalue weighted by Crippen LogP contribution is 2.59. The van der Waals surface area contributed by atoms with Crippen LogP contribution in [-0.2, 0) is 4.79 Å². The zero-order valence-electron chi connectivity index (χ0n) is 11.9. The predicted molar refractivity (Wildman–Crippen MR) is 76.6 cm³/mol. The van der Waals surface area contributed by atoms with E-state index >= 15 is 0 Å². The number of hydrogen-bond donors (Lipinski definition) is 0. The number of rotatable bonds is 0. The van der Waals surface area contributed by atoms with Crippen molar-refractivity contribution in [1.82, 2.24) is 0 Å². The minimum atomic E-state index is 0.293. The van der Waals surface area contributed by atoms with E-state index in [-0.39, 0.29) is 0 Å². The third-order valence-corrected chi connectivity index (χ3v) is 6.71. The molecule has 0 spiro atoms. The molecular formula is C18H24O. The third-order valence-electron chi connectivity index (χ3n) is 6.71. The van der Waals surface area contributed by atoms with Gasteiger partial charge in [-0.3, -0.25) is 4.79 Å². The van der Waals surface area contributed by atoms with E-state index in [1.807, 2.05) is 6.08 Å². The number of hydrogen-bond acceptors (Lipinski definition) is 1. The highest BCUT2D eigenvalue weighted by Gasteiger charge is 2.50. The van der Waals surface area contributed by atoms with Gasteiger partial charge in [0.2, 0.25) is 0 Å². The molecule has 0 aliphatic heterocycles. The van der Waals surface area contributed by atoms with E-state index in [0.29, 0.717) is 11.2 Å². The molecule has 0 N–H and O–H groups in total. The topological polar surface area (TPSA) is 17.1 Å². The van der Waals surface area contributed by atoms with Crippen molar-refractivity contribution in [3.8, 4) is 0 Å². The Bertz CT molecular complexity index is 472. The Hall–Kier alpha value is -0.850. The van der Waals surface area contributed by atoms with Crippen molar-refractivity contribution in [3.05, 3.63) is 23.8 Å². The summed E-state index contributed by atoms with van der Waals surface area (Å²) < 4.78 is 0. The van der Waals surface area contributed by atoms with Crippen molar-refractivity contribution >= 4 is 5.78 Å². The predicted octanol–water partition coefficient (Wildman–Crippen LogP) is 4.29. The average Bonchev–Trinajstić information content (AvgIpc) is 2.88. The first kappa shape index (κ1) is 11.9. The molecule has 0 saturated heterocycles. The molecular weight excluding hydrogens is 232 g/mol. The molecule has 0 aromatic heterocycles. The Morgan fingerprint density at radius 3 is 3.00 bits per heavy atom. The fourth-order valence-corrected chi connectivity index (χ4v) is 5.63. The molecule has 1 nitrogen and oxygen atoms in total. The molecule has 0 amide bonds. The van der Waals surface area contributed by atoms with Gasteiger partial charge >= 0.3 is 0 Å². The zero-order valence-corrected chi connectivity index (χ0v) is 11.9. The quantitative estimate of drug-likeness (QED) is 0.631. The molecule has 0 heterocycles. The van der Waals surface area contributed by atoms with Crippen LogP contribution >= 0.6 is 0 Å². The molecule has 2 fully saturated rings. The van der Waals surface area contributed by atoms with Crippen molar-refractivity contribution < 1.29 is 4.79 Å². The number of fused-ring (bicyclic) bond motifs is 5. The van der Waals surface area contributed by atoms with E-state index in [1.54, 1.807) is 0 Å². The number of allylic oxidation sites excluding steroid dienone is 4. The van der Waals surface area contributed by atoms with Gasteiger partial charge in [-0.05, 0) is 66.4 Å². The van der Waals surface area contributed by atoms with Crippen LogP contribution in [0.25, 0.3) is 0 Å². The van der Waals surface area contributed by atoms with Gasteiger partial charge in [0.15, 0.2) is 5.78 Å². The molecule has 4 rings (SSSR count). The third kappa shape index (κ3) is 1.63. The maximum atomic E-state index is 11.7. The second-order valence-electron chi connectivity index (χ2n) is 7.46. The molecule has 0 unspecified atom stereocenters. The molecule has 0 radical (unpaired) electrons. The van der Waals surface area contributed by atoms with Crippen LogP contribution in [0.3, 0.4) is 0 Å². The Balaban J connectivity index is 1.74. The van der Waals surface area contributed by atoms with Crippen LogP contribution in [0, 0.1) is 29.1 Å². The van der Waals surface area contributed by atoms with Crippen LogP contribution in [0.1, 0.15) is 51.9 Å². The minimum Gasteiger partial charge on any atom is -0.295 e. The van der Waals surface area contributed by atoms with Gasteiger partial charge in [0, 0.05) is 6.42 Å². The van der Waals surface area contributed by atoms with E-state index in [2.05, 4.69) is 19.1 Å². The van der Waals surface area contributed by atoms with Gasteiger partial charge in [-0.2, -0.15) is 0 Å². The van der Waals surface area contributed by atoms with Crippen LogP contribution in [-0.4, -0.2) is 5.78 Å². The second-order valence-corrected chi connectivity index (χ2v) is 7.46. The molecule has 5 atom stereocenters. The smallest absolute Gasteiger partial charge is 0.156 e. The fourth-order valence-electron chi connectivity index (χ4n) is 5.63. The van der Waals surface area contributed by atoms with Crippen LogP contribution < -0.4 is 0 Å². The molecule has 4 aliphatic rings. The lowest BCUT2D eigenvalue weighted by Crippen LogP contribution is -2.44. The van der Waals surface area contributed by atoms with Crippen molar-refractivity contribution in [1.29, 1.82) is 0 Å². The van der Waals surface area contributed by atoms with E-state index in [9.17, 15) is 4.79 Å². The Kier molecular flexibility index (Phi) is 2.56. The van der Waals surface area contributed by atoms with Gasteiger partial charge in [0.25, 0.3) is 0 Å². The monoisotopic (exact) mass is 256 g/mol. The van der Waals surface area contributed by atoms with Gasteiger partial charge in [-0.25, -0.2) is 0 Å². The van der Waals surface area contributed by atoms with E-state index in [4.69, 9.17) is 0 Å². The standard InChI is InChI=1S/C18H24O/c1-18-10-9-14(19)11-13(18)6-7-16-15-4-2-3-12(15)5-8-17(16)18/h6-7,11-12,15-17H,2-5,8-10H2,1H3/t12-,15+,16-,17-,18-/m0/s1. The van der Waals surface area contributed by atoms with Crippen LogP contribution in [0.15, 0.2) is 23.8 Å². The second kappa shape index (κ2) is 4.07. The zero-order chi connectivity index (χ0) is 13.0. The number of ketones is 1. The maximum absolute atomic E-state index is 11.7. The molecule has 2 saturated carbocycles. The molecule has 0 bridgehead atoms. The Morgan fingerprint density at radius 1 is 1.21 bits per heavy atom. The van der Waals surface area contributed by atoms with Gasteiger partial charge in [0.05, 0.1) is 0 Å². The van der Waals surface area contributed by atoms with Gasteiger partial charge in [0.1, 0.15) is 0 Å². The summed E-state index contributed by atoms with van der Waals surface area (Å²) in [6.45, 7) is 2.43. The van der Waals surface area contributed by atoms with Crippen molar-refractivity contribution in [3.63, 3.8) is 0 Å². The highest BCUT2D eigenvalue weighted by atomic mass is 16.1. The van der Waals surface area contributed by atoms with Crippen LogP contribution in [0.4, 0.5) is 0 Å². The van der Waals surface area contributed by atoms with Crippen molar-refractivity contribution in [2.45, 2.75) is 51.9 Å². The van der Waals surface area contributed by atoms with Gasteiger partial charge in [-0.1, -0.05) is 31.9 Å². The molecule has 1 heteroatoms. The Morgan fingerprint density at radius 2 is 2.11 bits per heavy atom. The summed E-state index contributed by atoms with van der Waals surface area (Å²) in [5, 5.41) is 0. The summed E-state index contributed by atoms with van der Waals surface area (Å²) in [6.07, 6.45) is 15.8. The Labute approximate surface area is 116 Å². The summed E-state index contributed by atoms with van der Waals surface area (Å²) in [5.74, 6) is 3.90. The lowest BCUT2D eigenvalue weighted by Gasteiger charge is -2.52. The summed E-state index contributed by atoms with van der Waals surface area (Å²) in [7, 11) is 0. The first-order chi connectivity index (χ1) is 9.18. The molecule has 0 aromatic carbocycles. The average molecular weight is 256 g/mol. The van der Waals surface area contributed by atoms with Gasteiger partial charge in [-0.15, -0.1) is 0 Å². The first-order valence-electron chi connectivity index (χ1n) is 8.12. The molecule has 0 aromatic rings. The van der Waals surface area contributed by atoms with Crippen molar-refractivity contribution in [2.24, 2.45) is 29.1 Å². The number of carbonyl (C=O) groups excluding carboxylic acids is 1. The summed E-state index contributed by atoms with van der Waals surface area (Å²) in [4.78, 5) is 11.7. The molecule has 4 aliphatic carbocycles. The van der Waals surface area contributed by atoms with Crippen LogP contribution in [0.2, 0.25) is 0 Å².